The SMILES string of the molecule is c1ccc(CN2CCC3(CC2c2ccccc2)OCCO3)cc1. The maximum Gasteiger partial charge on any atom is 0.171 e. The van der Waals surface area contributed by atoms with E-state index in [1.54, 1.807) is 0 Å². The topological polar surface area (TPSA) is 21.7 Å². The molecule has 23 heavy (non-hydrogen) atoms. The summed E-state index contributed by atoms with van der Waals surface area (Å²) < 4.78 is 12.0. The number of ether oxygens (including phenoxy) is 2. The molecule has 0 amide bonds. The Morgan fingerprint density at radius 1 is 0.913 bits per heavy atom. The highest BCUT2D eigenvalue weighted by Gasteiger charge is 2.44. The van der Waals surface area contributed by atoms with Crippen molar-refractivity contribution in [3.8, 4) is 0 Å². The molecule has 0 saturated carbocycles. The van der Waals surface area contributed by atoms with E-state index in [2.05, 4.69) is 65.6 Å². The Hall–Kier alpha value is -1.68. The summed E-state index contributed by atoms with van der Waals surface area (Å²) in [6.07, 6.45) is 1.85. The maximum absolute atomic E-state index is 5.98. The number of piperidine rings is 1. The molecule has 1 unspecified atom stereocenters. The molecule has 0 bridgehead atoms. The van der Waals surface area contributed by atoms with E-state index < -0.39 is 0 Å². The van der Waals surface area contributed by atoms with Gasteiger partial charge in [-0.1, -0.05) is 60.7 Å². The van der Waals surface area contributed by atoms with Gasteiger partial charge in [-0.3, -0.25) is 4.90 Å². The minimum atomic E-state index is -0.367. The van der Waals surface area contributed by atoms with E-state index in [4.69, 9.17) is 9.47 Å². The molecule has 0 radical (unpaired) electrons. The fraction of sp³-hybridized carbons (Fsp3) is 0.400. The van der Waals surface area contributed by atoms with Crippen molar-refractivity contribution in [2.75, 3.05) is 19.8 Å². The molecule has 2 aliphatic rings. The van der Waals surface area contributed by atoms with Crippen LogP contribution in [0.25, 0.3) is 0 Å². The van der Waals surface area contributed by atoms with Gasteiger partial charge in [0.15, 0.2) is 5.79 Å². The first-order valence-corrected chi connectivity index (χ1v) is 8.46. The van der Waals surface area contributed by atoms with Crippen molar-refractivity contribution in [1.82, 2.24) is 4.90 Å². The predicted molar refractivity (Wildman–Crippen MR) is 89.9 cm³/mol. The van der Waals surface area contributed by atoms with Gasteiger partial charge in [0.2, 0.25) is 0 Å². The van der Waals surface area contributed by atoms with Crippen LogP contribution in [0.15, 0.2) is 60.7 Å². The van der Waals surface area contributed by atoms with Crippen molar-refractivity contribution < 1.29 is 9.47 Å². The molecule has 2 fully saturated rings. The maximum atomic E-state index is 5.98. The summed E-state index contributed by atoms with van der Waals surface area (Å²) in [5, 5.41) is 0. The summed E-state index contributed by atoms with van der Waals surface area (Å²) in [5.41, 5.74) is 2.71. The third-order valence-corrected chi connectivity index (χ3v) is 4.95. The summed E-state index contributed by atoms with van der Waals surface area (Å²) >= 11 is 0. The van der Waals surface area contributed by atoms with Crippen LogP contribution >= 0.6 is 0 Å². The zero-order valence-corrected chi connectivity index (χ0v) is 13.4. The second-order valence-electron chi connectivity index (χ2n) is 6.44. The van der Waals surface area contributed by atoms with Crippen LogP contribution in [0.3, 0.4) is 0 Å². The smallest absolute Gasteiger partial charge is 0.171 e. The minimum Gasteiger partial charge on any atom is -0.347 e. The Bertz CT molecular complexity index is 623. The van der Waals surface area contributed by atoms with Crippen LogP contribution in [0.2, 0.25) is 0 Å². The van der Waals surface area contributed by atoms with Crippen LogP contribution < -0.4 is 0 Å². The molecule has 4 rings (SSSR count). The molecule has 120 valence electrons. The van der Waals surface area contributed by atoms with Crippen molar-refractivity contribution in [2.24, 2.45) is 0 Å². The standard InChI is InChI=1S/C20H23NO2/c1-3-7-17(8-4-1)16-21-12-11-20(22-13-14-23-20)15-19(21)18-9-5-2-6-10-18/h1-10,19H,11-16H2. The molecule has 0 N–H and O–H groups in total. The fourth-order valence-corrected chi connectivity index (χ4v) is 3.77. The predicted octanol–water partition coefficient (Wildman–Crippen LogP) is 3.77. The van der Waals surface area contributed by atoms with E-state index >= 15 is 0 Å². The average molecular weight is 309 g/mol. The van der Waals surface area contributed by atoms with Crippen LogP contribution in [-0.2, 0) is 16.0 Å². The van der Waals surface area contributed by atoms with E-state index in [1.807, 2.05) is 0 Å². The van der Waals surface area contributed by atoms with Crippen LogP contribution in [0.1, 0.15) is 30.0 Å². The highest BCUT2D eigenvalue weighted by Crippen LogP contribution is 2.41. The van der Waals surface area contributed by atoms with Crippen LogP contribution in [0.5, 0.6) is 0 Å². The fourth-order valence-electron chi connectivity index (χ4n) is 3.77. The largest absolute Gasteiger partial charge is 0.347 e. The number of hydrogen-bond acceptors (Lipinski definition) is 3. The second kappa shape index (κ2) is 6.44. The molecular formula is C20H23NO2. The lowest BCUT2D eigenvalue weighted by atomic mass is 9.90. The molecule has 2 heterocycles. The minimum absolute atomic E-state index is 0.336. The first-order chi connectivity index (χ1) is 11.3. The highest BCUT2D eigenvalue weighted by atomic mass is 16.7. The summed E-state index contributed by atoms with van der Waals surface area (Å²) in [6.45, 7) is 3.41. The first-order valence-electron chi connectivity index (χ1n) is 8.46. The lowest BCUT2D eigenvalue weighted by Gasteiger charge is -2.44. The van der Waals surface area contributed by atoms with Crippen molar-refractivity contribution in [2.45, 2.75) is 31.2 Å². The van der Waals surface area contributed by atoms with Gasteiger partial charge in [-0.2, -0.15) is 0 Å². The molecule has 3 nitrogen and oxygen atoms in total. The van der Waals surface area contributed by atoms with Crippen LogP contribution in [0.4, 0.5) is 0 Å². The van der Waals surface area contributed by atoms with E-state index in [9.17, 15) is 0 Å². The van der Waals surface area contributed by atoms with E-state index in [-0.39, 0.29) is 5.79 Å². The molecule has 3 heteroatoms. The molecule has 0 aromatic heterocycles. The van der Waals surface area contributed by atoms with Gasteiger partial charge in [-0.25, -0.2) is 0 Å². The molecular weight excluding hydrogens is 286 g/mol. The third kappa shape index (κ3) is 3.18. The van der Waals surface area contributed by atoms with Gasteiger partial charge >= 0.3 is 0 Å². The number of nitrogens with zero attached hydrogens (tertiary/aromatic N) is 1. The van der Waals surface area contributed by atoms with Gasteiger partial charge < -0.3 is 9.47 Å². The molecule has 2 aromatic carbocycles. The van der Waals surface area contributed by atoms with Gasteiger partial charge in [0, 0.05) is 32.0 Å². The summed E-state index contributed by atoms with van der Waals surface area (Å²) in [4.78, 5) is 2.56. The number of benzene rings is 2. The van der Waals surface area contributed by atoms with Gasteiger partial charge in [0.1, 0.15) is 0 Å². The lowest BCUT2D eigenvalue weighted by molar-refractivity contribution is -0.198. The highest BCUT2D eigenvalue weighted by molar-refractivity contribution is 5.22. The summed E-state index contributed by atoms with van der Waals surface area (Å²) in [6, 6.07) is 21.8. The van der Waals surface area contributed by atoms with Gasteiger partial charge in [0.05, 0.1) is 13.2 Å². The second-order valence-corrected chi connectivity index (χ2v) is 6.44. The Morgan fingerprint density at radius 3 is 2.26 bits per heavy atom. The van der Waals surface area contributed by atoms with E-state index in [1.165, 1.54) is 11.1 Å². The average Bonchev–Trinajstić information content (AvgIpc) is 3.06. The normalized spacial score (nSPS) is 24.1. The first kappa shape index (κ1) is 14.9. The Labute approximate surface area is 137 Å². The quantitative estimate of drug-likeness (QED) is 0.861. The van der Waals surface area contributed by atoms with Gasteiger partial charge in [0.25, 0.3) is 0 Å². The molecule has 2 aromatic rings. The number of hydrogen-bond donors (Lipinski definition) is 0. The Kier molecular flexibility index (Phi) is 4.17. The van der Waals surface area contributed by atoms with Gasteiger partial charge in [-0.05, 0) is 11.1 Å². The van der Waals surface area contributed by atoms with Crippen molar-refractivity contribution in [3.05, 3.63) is 71.8 Å². The summed E-state index contributed by atoms with van der Waals surface area (Å²) in [7, 11) is 0. The van der Waals surface area contributed by atoms with Crippen molar-refractivity contribution >= 4 is 0 Å². The van der Waals surface area contributed by atoms with Crippen LogP contribution in [-0.4, -0.2) is 30.4 Å². The zero-order chi connectivity index (χ0) is 15.5. The summed E-state index contributed by atoms with van der Waals surface area (Å²) in [5.74, 6) is -0.367. The molecule has 1 spiro atoms. The van der Waals surface area contributed by atoms with E-state index in [0.29, 0.717) is 6.04 Å². The molecule has 0 aliphatic carbocycles. The lowest BCUT2D eigenvalue weighted by Crippen LogP contribution is -2.46. The number of rotatable bonds is 3. The van der Waals surface area contributed by atoms with Crippen LogP contribution in [0, 0.1) is 0 Å². The van der Waals surface area contributed by atoms with Crippen molar-refractivity contribution in [3.63, 3.8) is 0 Å². The van der Waals surface area contributed by atoms with Crippen molar-refractivity contribution in [1.29, 1.82) is 0 Å². The third-order valence-electron chi connectivity index (χ3n) is 4.95. The monoisotopic (exact) mass is 309 g/mol. The Balaban J connectivity index is 1.59. The number of likely N-dealkylation sites (tertiary alicyclic amines) is 1. The molecule has 2 aliphatic heterocycles. The zero-order valence-electron chi connectivity index (χ0n) is 13.4. The molecule has 2 saturated heterocycles. The van der Waals surface area contributed by atoms with E-state index in [0.717, 1.165) is 39.1 Å². The molecule has 1 atom stereocenters. The van der Waals surface area contributed by atoms with Gasteiger partial charge in [-0.15, -0.1) is 0 Å². The Morgan fingerprint density at radius 2 is 1.57 bits per heavy atom.